The Hall–Kier alpha value is -1.02. The SMILES string of the molecule is CCCC(NC)C(CC)Oc1ccc(C(C)(C)C)cc1C. The van der Waals surface area contributed by atoms with Crippen molar-refractivity contribution in [2.45, 2.75) is 78.4 Å². The summed E-state index contributed by atoms with van der Waals surface area (Å²) in [6, 6.07) is 7.01. The first-order valence-corrected chi connectivity index (χ1v) is 8.28. The van der Waals surface area contributed by atoms with Crippen molar-refractivity contribution in [1.29, 1.82) is 0 Å². The minimum absolute atomic E-state index is 0.184. The highest BCUT2D eigenvalue weighted by Crippen LogP contribution is 2.28. The molecule has 0 aliphatic carbocycles. The fourth-order valence-corrected chi connectivity index (χ4v) is 2.69. The number of benzene rings is 1. The monoisotopic (exact) mass is 291 g/mol. The Morgan fingerprint density at radius 3 is 2.29 bits per heavy atom. The first-order chi connectivity index (χ1) is 9.83. The molecule has 0 amide bonds. The van der Waals surface area contributed by atoms with Gasteiger partial charge in [-0.15, -0.1) is 0 Å². The molecule has 2 nitrogen and oxygen atoms in total. The third-order valence-electron chi connectivity index (χ3n) is 4.14. The standard InChI is InChI=1S/C19H33NO/c1-8-10-16(20-7)17(9-2)21-18-12-11-15(13-14(18)3)19(4,5)6/h11-13,16-17,20H,8-10H2,1-7H3. The van der Waals surface area contributed by atoms with Crippen LogP contribution in [0, 0.1) is 6.92 Å². The second-order valence-electron chi connectivity index (χ2n) is 6.98. The van der Waals surface area contributed by atoms with E-state index >= 15 is 0 Å². The smallest absolute Gasteiger partial charge is 0.122 e. The van der Waals surface area contributed by atoms with Crippen LogP contribution in [0.5, 0.6) is 5.75 Å². The fraction of sp³-hybridized carbons (Fsp3) is 0.684. The zero-order valence-electron chi connectivity index (χ0n) is 14.9. The molecule has 21 heavy (non-hydrogen) atoms. The van der Waals surface area contributed by atoms with Crippen molar-refractivity contribution < 1.29 is 4.74 Å². The van der Waals surface area contributed by atoms with Gasteiger partial charge in [0.1, 0.15) is 11.9 Å². The van der Waals surface area contributed by atoms with Crippen molar-refractivity contribution in [3.8, 4) is 5.75 Å². The van der Waals surface area contributed by atoms with E-state index in [9.17, 15) is 0 Å². The van der Waals surface area contributed by atoms with E-state index in [1.165, 1.54) is 17.5 Å². The molecule has 0 heterocycles. The molecule has 0 fully saturated rings. The van der Waals surface area contributed by atoms with E-state index < -0.39 is 0 Å². The lowest BCUT2D eigenvalue weighted by molar-refractivity contribution is 0.146. The van der Waals surface area contributed by atoms with Crippen molar-refractivity contribution in [2.24, 2.45) is 0 Å². The maximum atomic E-state index is 6.31. The van der Waals surface area contributed by atoms with Crippen LogP contribution in [0.25, 0.3) is 0 Å². The summed E-state index contributed by atoms with van der Waals surface area (Å²) in [4.78, 5) is 0. The van der Waals surface area contributed by atoms with Gasteiger partial charge in [0.25, 0.3) is 0 Å². The van der Waals surface area contributed by atoms with Crippen LogP contribution in [-0.2, 0) is 5.41 Å². The van der Waals surface area contributed by atoms with Gasteiger partial charge in [-0.05, 0) is 49.4 Å². The lowest BCUT2D eigenvalue weighted by Crippen LogP contribution is -2.40. The first-order valence-electron chi connectivity index (χ1n) is 8.28. The normalized spacial score (nSPS) is 14.8. The number of hydrogen-bond donors (Lipinski definition) is 1. The van der Waals surface area contributed by atoms with E-state index in [2.05, 4.69) is 65.1 Å². The van der Waals surface area contributed by atoms with Gasteiger partial charge in [-0.1, -0.05) is 53.2 Å². The third kappa shape index (κ3) is 5.03. The number of ether oxygens (including phenoxy) is 1. The zero-order chi connectivity index (χ0) is 16.0. The summed E-state index contributed by atoms with van der Waals surface area (Å²) in [6.45, 7) is 13.3. The van der Waals surface area contributed by atoms with Crippen molar-refractivity contribution in [3.63, 3.8) is 0 Å². The highest BCUT2D eigenvalue weighted by Gasteiger charge is 2.21. The van der Waals surface area contributed by atoms with Gasteiger partial charge in [0, 0.05) is 6.04 Å². The van der Waals surface area contributed by atoms with E-state index in [1.807, 2.05) is 7.05 Å². The Morgan fingerprint density at radius 1 is 1.19 bits per heavy atom. The predicted octanol–water partition coefficient (Wildman–Crippen LogP) is 4.84. The van der Waals surface area contributed by atoms with Crippen LogP contribution in [-0.4, -0.2) is 19.2 Å². The van der Waals surface area contributed by atoms with Crippen molar-refractivity contribution in [3.05, 3.63) is 29.3 Å². The van der Waals surface area contributed by atoms with Crippen LogP contribution in [0.4, 0.5) is 0 Å². The lowest BCUT2D eigenvalue weighted by atomic mass is 9.86. The van der Waals surface area contributed by atoms with Gasteiger partial charge in [-0.25, -0.2) is 0 Å². The Kier molecular flexibility index (Phi) is 6.73. The molecule has 1 rings (SSSR count). The second-order valence-corrected chi connectivity index (χ2v) is 6.98. The molecular weight excluding hydrogens is 258 g/mol. The molecule has 1 N–H and O–H groups in total. The quantitative estimate of drug-likeness (QED) is 0.776. The first kappa shape index (κ1) is 18.0. The number of aryl methyl sites for hydroxylation is 1. The second kappa shape index (κ2) is 7.84. The molecule has 0 aliphatic rings. The number of hydrogen-bond acceptors (Lipinski definition) is 2. The van der Waals surface area contributed by atoms with E-state index in [0.29, 0.717) is 6.04 Å². The molecule has 2 unspecified atom stereocenters. The maximum Gasteiger partial charge on any atom is 0.122 e. The largest absolute Gasteiger partial charge is 0.489 e. The van der Waals surface area contributed by atoms with E-state index in [-0.39, 0.29) is 11.5 Å². The molecule has 0 aliphatic heterocycles. The summed E-state index contributed by atoms with van der Waals surface area (Å²) < 4.78 is 6.31. The maximum absolute atomic E-state index is 6.31. The van der Waals surface area contributed by atoms with Gasteiger partial charge in [0.2, 0.25) is 0 Å². The summed E-state index contributed by atoms with van der Waals surface area (Å²) in [5.74, 6) is 1.02. The van der Waals surface area contributed by atoms with Crippen LogP contribution < -0.4 is 10.1 Å². The van der Waals surface area contributed by atoms with Crippen molar-refractivity contribution in [2.75, 3.05) is 7.05 Å². The Labute approximate surface area is 131 Å². The van der Waals surface area contributed by atoms with Gasteiger partial charge in [-0.2, -0.15) is 0 Å². The average Bonchev–Trinajstić information content (AvgIpc) is 2.43. The number of likely N-dealkylation sites (N-methyl/N-ethyl adjacent to an activating group) is 1. The van der Waals surface area contributed by atoms with E-state index in [4.69, 9.17) is 4.74 Å². The van der Waals surface area contributed by atoms with Crippen LogP contribution in [0.1, 0.15) is 65.0 Å². The molecule has 0 saturated heterocycles. The third-order valence-corrected chi connectivity index (χ3v) is 4.14. The van der Waals surface area contributed by atoms with Gasteiger partial charge in [0.05, 0.1) is 0 Å². The topological polar surface area (TPSA) is 21.3 Å². The Balaban J connectivity index is 2.90. The molecule has 1 aromatic carbocycles. The molecule has 120 valence electrons. The average molecular weight is 291 g/mol. The molecular formula is C19H33NO. The van der Waals surface area contributed by atoms with Gasteiger partial charge < -0.3 is 10.1 Å². The lowest BCUT2D eigenvalue weighted by Gasteiger charge is -2.28. The number of nitrogens with one attached hydrogen (secondary N) is 1. The summed E-state index contributed by atoms with van der Waals surface area (Å²) in [6.07, 6.45) is 3.57. The molecule has 0 aromatic heterocycles. The van der Waals surface area contributed by atoms with Crippen molar-refractivity contribution >= 4 is 0 Å². The molecule has 2 atom stereocenters. The Morgan fingerprint density at radius 2 is 1.86 bits per heavy atom. The number of rotatable bonds is 7. The van der Waals surface area contributed by atoms with Gasteiger partial charge in [-0.3, -0.25) is 0 Å². The summed E-state index contributed by atoms with van der Waals surface area (Å²) in [7, 11) is 2.03. The van der Waals surface area contributed by atoms with Crippen LogP contribution >= 0.6 is 0 Å². The summed E-state index contributed by atoms with van der Waals surface area (Å²) >= 11 is 0. The minimum atomic E-state index is 0.184. The summed E-state index contributed by atoms with van der Waals surface area (Å²) in [5, 5.41) is 3.40. The zero-order valence-corrected chi connectivity index (χ0v) is 14.9. The predicted molar refractivity (Wildman–Crippen MR) is 92.3 cm³/mol. The molecule has 0 spiro atoms. The fourth-order valence-electron chi connectivity index (χ4n) is 2.69. The molecule has 0 saturated carbocycles. The summed E-state index contributed by atoms with van der Waals surface area (Å²) in [5.41, 5.74) is 2.77. The van der Waals surface area contributed by atoms with E-state index in [0.717, 1.165) is 18.6 Å². The molecule has 0 bridgehead atoms. The highest BCUT2D eigenvalue weighted by atomic mass is 16.5. The highest BCUT2D eigenvalue weighted by molar-refractivity contribution is 5.38. The van der Waals surface area contributed by atoms with E-state index in [1.54, 1.807) is 0 Å². The molecule has 1 aromatic rings. The van der Waals surface area contributed by atoms with Crippen LogP contribution in [0.3, 0.4) is 0 Å². The minimum Gasteiger partial charge on any atom is -0.489 e. The van der Waals surface area contributed by atoms with Crippen molar-refractivity contribution in [1.82, 2.24) is 5.32 Å². The van der Waals surface area contributed by atoms with Gasteiger partial charge >= 0.3 is 0 Å². The van der Waals surface area contributed by atoms with Gasteiger partial charge in [0.15, 0.2) is 0 Å². The molecule has 0 radical (unpaired) electrons. The Bertz CT molecular complexity index is 434. The van der Waals surface area contributed by atoms with Crippen LogP contribution in [0.15, 0.2) is 18.2 Å². The molecule has 2 heteroatoms. The van der Waals surface area contributed by atoms with Crippen LogP contribution in [0.2, 0.25) is 0 Å².